The van der Waals surface area contributed by atoms with Crippen LogP contribution in [0.3, 0.4) is 0 Å². The number of nitrogens with two attached hydrogens (primary N) is 1. The van der Waals surface area contributed by atoms with Gasteiger partial charge in [0.1, 0.15) is 0 Å². The van der Waals surface area contributed by atoms with Gasteiger partial charge in [0.15, 0.2) is 11.5 Å². The van der Waals surface area contributed by atoms with Crippen LogP contribution in [0.15, 0.2) is 16.6 Å². The van der Waals surface area contributed by atoms with Crippen molar-refractivity contribution in [3.05, 3.63) is 22.2 Å². The Balaban J connectivity index is 0.000000626. The zero-order chi connectivity index (χ0) is 17.3. The number of hydrogen-bond donors (Lipinski definition) is 3. The van der Waals surface area contributed by atoms with Crippen LogP contribution in [0.5, 0.6) is 11.5 Å². The fourth-order valence-electron chi connectivity index (χ4n) is 1.28. The summed E-state index contributed by atoms with van der Waals surface area (Å²) in [7, 11) is 1.63. The van der Waals surface area contributed by atoms with Crippen molar-refractivity contribution in [2.24, 2.45) is 11.7 Å². The van der Waals surface area contributed by atoms with Gasteiger partial charge in [-0.15, -0.1) is 0 Å². The van der Waals surface area contributed by atoms with Crippen LogP contribution in [0.4, 0.5) is 0 Å². The van der Waals surface area contributed by atoms with Crippen molar-refractivity contribution in [2.45, 2.75) is 20.4 Å². The van der Waals surface area contributed by atoms with Gasteiger partial charge in [-0.2, -0.15) is 0 Å². The lowest BCUT2D eigenvalue weighted by Gasteiger charge is -2.15. The van der Waals surface area contributed by atoms with E-state index in [4.69, 9.17) is 35.0 Å². The van der Waals surface area contributed by atoms with Gasteiger partial charge < -0.3 is 25.4 Å². The number of hydrogen-bond acceptors (Lipinski definition) is 5. The maximum absolute atomic E-state index is 9.10. The largest absolute Gasteiger partial charge is 0.493 e. The van der Waals surface area contributed by atoms with Crippen molar-refractivity contribution >= 4 is 27.9 Å². The number of methoxy groups -OCH3 is 1. The van der Waals surface area contributed by atoms with E-state index in [2.05, 4.69) is 29.8 Å². The lowest BCUT2D eigenvalue weighted by molar-refractivity contribution is -0.159. The van der Waals surface area contributed by atoms with E-state index in [0.29, 0.717) is 19.1 Å². The highest BCUT2D eigenvalue weighted by atomic mass is 79.9. The monoisotopic (exact) mass is 377 g/mol. The second-order valence-electron chi connectivity index (χ2n) is 4.63. The molecule has 0 amide bonds. The number of carbonyl (C=O) groups is 2. The van der Waals surface area contributed by atoms with Gasteiger partial charge in [-0.3, -0.25) is 0 Å². The molecule has 1 aromatic rings. The molecule has 0 bridgehead atoms. The summed E-state index contributed by atoms with van der Waals surface area (Å²) in [5.74, 6) is -1.71. The average Bonchev–Trinajstić information content (AvgIpc) is 2.45. The van der Waals surface area contributed by atoms with Crippen LogP contribution in [0, 0.1) is 5.92 Å². The molecule has 1 aromatic carbocycles. The highest BCUT2D eigenvalue weighted by Gasteiger charge is 2.11. The summed E-state index contributed by atoms with van der Waals surface area (Å²) in [5.41, 5.74) is 6.61. The smallest absolute Gasteiger partial charge is 0.414 e. The van der Waals surface area contributed by atoms with Crippen molar-refractivity contribution in [1.29, 1.82) is 0 Å². The average molecular weight is 378 g/mol. The highest BCUT2D eigenvalue weighted by Crippen LogP contribution is 2.36. The van der Waals surface area contributed by atoms with Gasteiger partial charge >= 0.3 is 11.9 Å². The topological polar surface area (TPSA) is 119 Å². The van der Waals surface area contributed by atoms with Crippen LogP contribution in [-0.4, -0.2) is 35.9 Å². The third-order valence-corrected chi connectivity index (χ3v) is 2.86. The molecular formula is C14H20BrNO6. The number of carboxylic acids is 2. The van der Waals surface area contributed by atoms with Gasteiger partial charge in [0.05, 0.1) is 18.2 Å². The van der Waals surface area contributed by atoms with E-state index in [9.17, 15) is 0 Å². The Labute approximate surface area is 137 Å². The minimum atomic E-state index is -1.82. The van der Waals surface area contributed by atoms with Crippen LogP contribution in [0.25, 0.3) is 0 Å². The predicted octanol–water partition coefficient (Wildman–Crippen LogP) is 2.11. The van der Waals surface area contributed by atoms with Crippen molar-refractivity contribution in [3.8, 4) is 11.5 Å². The number of aliphatic carboxylic acids is 2. The van der Waals surface area contributed by atoms with Gasteiger partial charge in [0, 0.05) is 6.54 Å². The summed E-state index contributed by atoms with van der Waals surface area (Å²) in [4.78, 5) is 18.2. The SMILES string of the molecule is COc1cc(CN)cc(Br)c1OCC(C)C.O=C(O)C(=O)O. The molecule has 0 heterocycles. The Morgan fingerprint density at radius 3 is 2.18 bits per heavy atom. The third-order valence-electron chi connectivity index (χ3n) is 2.27. The molecule has 0 unspecified atom stereocenters. The zero-order valence-electron chi connectivity index (χ0n) is 12.6. The Hall–Kier alpha value is -1.80. The standard InChI is InChI=1S/C12H18BrNO2.C2H2O4/c1-8(2)7-16-12-10(13)4-9(6-14)5-11(12)15-3;3-1(4)2(5)6/h4-5,8H,6-7,14H2,1-3H3;(H,3,4)(H,5,6). The number of carboxylic acid groups (broad SMARTS) is 2. The number of rotatable bonds is 5. The minimum Gasteiger partial charge on any atom is -0.493 e. The summed E-state index contributed by atoms with van der Waals surface area (Å²) < 4.78 is 11.9. The van der Waals surface area contributed by atoms with Crippen LogP contribution >= 0.6 is 15.9 Å². The molecular weight excluding hydrogens is 358 g/mol. The molecule has 0 aliphatic carbocycles. The second-order valence-corrected chi connectivity index (χ2v) is 5.48. The van der Waals surface area contributed by atoms with Crippen molar-refractivity contribution in [1.82, 2.24) is 0 Å². The first-order valence-electron chi connectivity index (χ1n) is 6.38. The Morgan fingerprint density at radius 1 is 1.27 bits per heavy atom. The van der Waals surface area contributed by atoms with E-state index >= 15 is 0 Å². The molecule has 8 heteroatoms. The minimum absolute atomic E-state index is 0.478. The second kappa shape index (κ2) is 10.0. The molecule has 0 radical (unpaired) electrons. The van der Waals surface area contributed by atoms with E-state index in [-0.39, 0.29) is 0 Å². The zero-order valence-corrected chi connectivity index (χ0v) is 14.2. The molecule has 7 nitrogen and oxygen atoms in total. The van der Waals surface area contributed by atoms with Crippen LogP contribution in [-0.2, 0) is 16.1 Å². The van der Waals surface area contributed by atoms with Crippen molar-refractivity contribution in [3.63, 3.8) is 0 Å². The first-order chi connectivity index (χ1) is 10.2. The summed E-state index contributed by atoms with van der Waals surface area (Å²) in [5, 5.41) is 14.8. The van der Waals surface area contributed by atoms with Gasteiger partial charge in [0.25, 0.3) is 0 Å². The molecule has 0 atom stereocenters. The lowest BCUT2D eigenvalue weighted by atomic mass is 10.2. The maximum Gasteiger partial charge on any atom is 0.414 e. The fourth-order valence-corrected chi connectivity index (χ4v) is 1.89. The van der Waals surface area contributed by atoms with Gasteiger partial charge in [-0.05, 0) is 39.5 Å². The van der Waals surface area contributed by atoms with E-state index in [1.54, 1.807) is 7.11 Å². The van der Waals surface area contributed by atoms with Gasteiger partial charge in [0.2, 0.25) is 0 Å². The van der Waals surface area contributed by atoms with Gasteiger partial charge in [-0.1, -0.05) is 13.8 Å². The third kappa shape index (κ3) is 7.28. The van der Waals surface area contributed by atoms with Crippen LogP contribution in [0.1, 0.15) is 19.4 Å². The molecule has 0 spiro atoms. The molecule has 0 aromatic heterocycles. The normalized spacial score (nSPS) is 9.73. The molecule has 124 valence electrons. The summed E-state index contributed by atoms with van der Waals surface area (Å²) >= 11 is 3.47. The molecule has 22 heavy (non-hydrogen) atoms. The molecule has 0 fully saturated rings. The quantitative estimate of drug-likeness (QED) is 0.672. The van der Waals surface area contributed by atoms with E-state index in [1.807, 2.05) is 12.1 Å². The first kappa shape index (κ1) is 20.2. The molecule has 0 aliphatic heterocycles. The Morgan fingerprint density at radius 2 is 1.82 bits per heavy atom. The van der Waals surface area contributed by atoms with E-state index < -0.39 is 11.9 Å². The summed E-state index contributed by atoms with van der Waals surface area (Å²) in [6, 6.07) is 3.86. The first-order valence-corrected chi connectivity index (χ1v) is 7.17. The Bertz CT molecular complexity index is 506. The van der Waals surface area contributed by atoms with Crippen molar-refractivity contribution < 1.29 is 29.3 Å². The predicted molar refractivity (Wildman–Crippen MR) is 84.2 cm³/mol. The fraction of sp³-hybridized carbons (Fsp3) is 0.429. The molecule has 0 aliphatic rings. The van der Waals surface area contributed by atoms with E-state index in [0.717, 1.165) is 21.5 Å². The van der Waals surface area contributed by atoms with E-state index in [1.165, 1.54) is 0 Å². The lowest BCUT2D eigenvalue weighted by Crippen LogP contribution is -2.09. The number of ether oxygens (including phenoxy) is 2. The molecule has 4 N–H and O–H groups in total. The molecule has 1 rings (SSSR count). The van der Waals surface area contributed by atoms with Crippen LogP contribution < -0.4 is 15.2 Å². The highest BCUT2D eigenvalue weighted by molar-refractivity contribution is 9.10. The van der Waals surface area contributed by atoms with Crippen LogP contribution in [0.2, 0.25) is 0 Å². The van der Waals surface area contributed by atoms with Crippen molar-refractivity contribution in [2.75, 3.05) is 13.7 Å². The summed E-state index contributed by atoms with van der Waals surface area (Å²) in [6.45, 7) is 5.36. The Kier molecular flexibility index (Phi) is 9.20. The number of halogens is 1. The maximum atomic E-state index is 9.10. The number of benzene rings is 1. The summed E-state index contributed by atoms with van der Waals surface area (Å²) in [6.07, 6.45) is 0. The molecule has 0 saturated heterocycles. The molecule has 0 saturated carbocycles. The van der Waals surface area contributed by atoms with Gasteiger partial charge in [-0.25, -0.2) is 9.59 Å².